The third-order valence-corrected chi connectivity index (χ3v) is 4.19. The summed E-state index contributed by atoms with van der Waals surface area (Å²) in [5, 5.41) is 1.24. The molecule has 3 rings (SSSR count). The quantitative estimate of drug-likeness (QED) is 0.747. The number of para-hydroxylation sites is 1. The highest BCUT2D eigenvalue weighted by atomic mass is 16.1. The van der Waals surface area contributed by atoms with Crippen LogP contribution in [0.3, 0.4) is 0 Å². The maximum atomic E-state index is 12.2. The zero-order valence-electron chi connectivity index (χ0n) is 11.0. The van der Waals surface area contributed by atoms with Crippen LogP contribution < -0.4 is 0 Å². The molecule has 0 radical (unpaired) electrons. The van der Waals surface area contributed by atoms with Crippen molar-refractivity contribution in [2.24, 2.45) is 13.0 Å². The van der Waals surface area contributed by atoms with Gasteiger partial charge in [0, 0.05) is 36.5 Å². The number of hydrogen-bond donors (Lipinski definition) is 0. The SMILES string of the molecule is C[C@H]1CC[C@@H](c2cn(C)c3ccccc23)C(=O)C1. The highest BCUT2D eigenvalue weighted by Crippen LogP contribution is 2.36. The van der Waals surface area contributed by atoms with E-state index in [-0.39, 0.29) is 5.92 Å². The average Bonchev–Trinajstić information content (AvgIpc) is 2.68. The Morgan fingerprint density at radius 1 is 1.22 bits per heavy atom. The molecule has 18 heavy (non-hydrogen) atoms. The van der Waals surface area contributed by atoms with E-state index in [9.17, 15) is 4.79 Å². The molecule has 1 aromatic carbocycles. The molecule has 2 nitrogen and oxygen atoms in total. The van der Waals surface area contributed by atoms with Crippen molar-refractivity contribution in [2.75, 3.05) is 0 Å². The Balaban J connectivity index is 2.07. The van der Waals surface area contributed by atoms with E-state index in [1.165, 1.54) is 22.9 Å². The zero-order valence-corrected chi connectivity index (χ0v) is 11.0. The molecule has 1 aliphatic carbocycles. The van der Waals surface area contributed by atoms with Gasteiger partial charge in [-0.1, -0.05) is 25.1 Å². The lowest BCUT2D eigenvalue weighted by molar-refractivity contribution is -0.122. The van der Waals surface area contributed by atoms with Gasteiger partial charge in [-0.25, -0.2) is 0 Å². The van der Waals surface area contributed by atoms with Crippen LogP contribution in [-0.2, 0) is 11.8 Å². The van der Waals surface area contributed by atoms with Crippen LogP contribution in [0, 0.1) is 5.92 Å². The molecular formula is C16H19NO. The first-order chi connectivity index (χ1) is 8.66. The Bertz CT molecular complexity index is 596. The maximum absolute atomic E-state index is 12.2. The van der Waals surface area contributed by atoms with Crippen molar-refractivity contribution in [3.05, 3.63) is 36.0 Å². The van der Waals surface area contributed by atoms with Crippen molar-refractivity contribution in [3.8, 4) is 0 Å². The van der Waals surface area contributed by atoms with E-state index in [0.717, 1.165) is 12.8 Å². The lowest BCUT2D eigenvalue weighted by atomic mass is 9.78. The molecule has 94 valence electrons. The molecule has 1 aromatic heterocycles. The normalized spacial score (nSPS) is 24.7. The van der Waals surface area contributed by atoms with E-state index in [1.54, 1.807) is 0 Å². The van der Waals surface area contributed by atoms with Gasteiger partial charge >= 0.3 is 0 Å². The number of rotatable bonds is 1. The third kappa shape index (κ3) is 1.76. The molecule has 0 aliphatic heterocycles. The van der Waals surface area contributed by atoms with Crippen LogP contribution in [0.5, 0.6) is 0 Å². The molecule has 0 saturated heterocycles. The van der Waals surface area contributed by atoms with Gasteiger partial charge in [0.15, 0.2) is 0 Å². The molecular weight excluding hydrogens is 222 g/mol. The van der Waals surface area contributed by atoms with Crippen molar-refractivity contribution in [3.63, 3.8) is 0 Å². The standard InChI is InChI=1S/C16H19NO/c1-11-7-8-13(16(18)9-11)14-10-17(2)15-6-4-3-5-12(14)15/h3-6,10-11,13H,7-9H2,1-2H3/t11-,13-/m0/s1. The second-order valence-electron chi connectivity index (χ2n) is 5.62. The summed E-state index contributed by atoms with van der Waals surface area (Å²) in [6.07, 6.45) is 5.06. The maximum Gasteiger partial charge on any atom is 0.140 e. The van der Waals surface area contributed by atoms with Crippen LogP contribution in [0.1, 0.15) is 37.7 Å². The topological polar surface area (TPSA) is 22.0 Å². The number of carbonyl (C=O) groups excluding carboxylic acids is 1. The van der Waals surface area contributed by atoms with Gasteiger partial charge in [0.2, 0.25) is 0 Å². The Morgan fingerprint density at radius 3 is 2.78 bits per heavy atom. The Kier molecular flexibility index (Phi) is 2.73. The molecule has 0 amide bonds. The molecule has 0 spiro atoms. The van der Waals surface area contributed by atoms with Gasteiger partial charge < -0.3 is 4.57 Å². The zero-order chi connectivity index (χ0) is 12.7. The van der Waals surface area contributed by atoms with Crippen LogP contribution in [-0.4, -0.2) is 10.4 Å². The van der Waals surface area contributed by atoms with Crippen LogP contribution in [0.15, 0.2) is 30.5 Å². The summed E-state index contributed by atoms with van der Waals surface area (Å²) in [6.45, 7) is 2.18. The number of Topliss-reactive ketones (excluding diaryl/α,β-unsaturated/α-hetero) is 1. The minimum absolute atomic E-state index is 0.118. The number of aromatic nitrogens is 1. The molecule has 1 heterocycles. The summed E-state index contributed by atoms with van der Waals surface area (Å²) in [6, 6.07) is 8.36. The van der Waals surface area contributed by atoms with Crippen molar-refractivity contribution >= 4 is 16.7 Å². The summed E-state index contributed by atoms with van der Waals surface area (Å²) in [4.78, 5) is 12.2. The summed E-state index contributed by atoms with van der Waals surface area (Å²) < 4.78 is 2.13. The van der Waals surface area contributed by atoms with Crippen LogP contribution >= 0.6 is 0 Å². The number of fused-ring (bicyclic) bond motifs is 1. The average molecular weight is 241 g/mol. The third-order valence-electron chi connectivity index (χ3n) is 4.19. The molecule has 0 unspecified atom stereocenters. The summed E-state index contributed by atoms with van der Waals surface area (Å²) >= 11 is 0. The van der Waals surface area contributed by atoms with Crippen molar-refractivity contribution in [1.82, 2.24) is 4.57 Å². The largest absolute Gasteiger partial charge is 0.350 e. The molecule has 1 saturated carbocycles. The van der Waals surface area contributed by atoms with Gasteiger partial charge in [-0.05, 0) is 30.4 Å². The minimum atomic E-state index is 0.118. The van der Waals surface area contributed by atoms with Gasteiger partial charge in [0.05, 0.1) is 0 Å². The first kappa shape index (κ1) is 11.5. The van der Waals surface area contributed by atoms with E-state index >= 15 is 0 Å². The second-order valence-corrected chi connectivity index (χ2v) is 5.62. The first-order valence-corrected chi connectivity index (χ1v) is 6.73. The highest BCUT2D eigenvalue weighted by Gasteiger charge is 2.29. The monoisotopic (exact) mass is 241 g/mol. The number of benzene rings is 1. The van der Waals surface area contributed by atoms with Crippen molar-refractivity contribution in [1.29, 1.82) is 0 Å². The van der Waals surface area contributed by atoms with Crippen LogP contribution in [0.2, 0.25) is 0 Å². The van der Waals surface area contributed by atoms with Crippen LogP contribution in [0.25, 0.3) is 10.9 Å². The smallest absolute Gasteiger partial charge is 0.140 e. The van der Waals surface area contributed by atoms with Crippen molar-refractivity contribution in [2.45, 2.75) is 32.1 Å². The molecule has 1 fully saturated rings. The number of nitrogens with zero attached hydrogens (tertiary/aromatic N) is 1. The van der Waals surface area contributed by atoms with Gasteiger partial charge in [-0.2, -0.15) is 0 Å². The Morgan fingerprint density at radius 2 is 2.00 bits per heavy atom. The van der Waals surface area contributed by atoms with Gasteiger partial charge in [0.1, 0.15) is 5.78 Å². The minimum Gasteiger partial charge on any atom is -0.350 e. The molecule has 2 atom stereocenters. The molecule has 1 aliphatic rings. The molecule has 2 heteroatoms. The Labute approximate surface area is 108 Å². The molecule has 2 aromatic rings. The van der Waals surface area contributed by atoms with Crippen LogP contribution in [0.4, 0.5) is 0 Å². The van der Waals surface area contributed by atoms with Crippen molar-refractivity contribution < 1.29 is 4.79 Å². The number of carbonyl (C=O) groups is 1. The van der Waals surface area contributed by atoms with E-state index in [2.05, 4.69) is 49.0 Å². The Hall–Kier alpha value is -1.57. The van der Waals surface area contributed by atoms with E-state index in [1.807, 2.05) is 0 Å². The predicted octanol–water partition coefficient (Wildman–Crippen LogP) is 3.65. The lowest BCUT2D eigenvalue weighted by Crippen LogP contribution is -2.21. The fraction of sp³-hybridized carbons (Fsp3) is 0.438. The van der Waals surface area contributed by atoms with Gasteiger partial charge in [-0.15, -0.1) is 0 Å². The van der Waals surface area contributed by atoms with E-state index in [0.29, 0.717) is 11.7 Å². The number of aryl methyl sites for hydroxylation is 1. The van der Waals surface area contributed by atoms with E-state index in [4.69, 9.17) is 0 Å². The molecule has 0 bridgehead atoms. The second kappa shape index (κ2) is 4.27. The number of ketones is 1. The first-order valence-electron chi connectivity index (χ1n) is 6.73. The van der Waals surface area contributed by atoms with E-state index < -0.39 is 0 Å². The fourth-order valence-corrected chi connectivity index (χ4v) is 3.18. The lowest BCUT2D eigenvalue weighted by Gasteiger charge is -2.24. The summed E-state index contributed by atoms with van der Waals surface area (Å²) in [7, 11) is 2.06. The van der Waals surface area contributed by atoms with Gasteiger partial charge in [-0.3, -0.25) is 4.79 Å². The van der Waals surface area contributed by atoms with Gasteiger partial charge in [0.25, 0.3) is 0 Å². The highest BCUT2D eigenvalue weighted by molar-refractivity contribution is 5.93. The molecule has 0 N–H and O–H groups in total. The predicted molar refractivity (Wildman–Crippen MR) is 73.7 cm³/mol. The number of hydrogen-bond acceptors (Lipinski definition) is 1. The summed E-state index contributed by atoms with van der Waals surface area (Å²) in [5.74, 6) is 1.10. The fourth-order valence-electron chi connectivity index (χ4n) is 3.18. The summed E-state index contributed by atoms with van der Waals surface area (Å²) in [5.41, 5.74) is 2.45.